The molecule has 1 aliphatic heterocycles. The summed E-state index contributed by atoms with van der Waals surface area (Å²) in [5.41, 5.74) is 1.38. The van der Waals surface area contributed by atoms with Crippen molar-refractivity contribution >= 4 is 17.6 Å². The van der Waals surface area contributed by atoms with Gasteiger partial charge in [-0.15, -0.1) is 0 Å². The number of para-hydroxylation sites is 2. The van der Waals surface area contributed by atoms with Gasteiger partial charge in [0, 0.05) is 12.0 Å². The van der Waals surface area contributed by atoms with Crippen molar-refractivity contribution in [1.82, 2.24) is 0 Å². The zero-order valence-corrected chi connectivity index (χ0v) is 16.5. The lowest BCUT2D eigenvalue weighted by Gasteiger charge is -2.18. The number of hydrogen-bond donors (Lipinski definition) is 1. The Kier molecular flexibility index (Phi) is 5.74. The van der Waals surface area contributed by atoms with Crippen molar-refractivity contribution < 1.29 is 23.8 Å². The molecule has 0 aromatic heterocycles. The minimum atomic E-state index is -1.05. The number of ether oxygens (including phenoxy) is 3. The molecule has 0 saturated heterocycles. The molecule has 0 bridgehead atoms. The predicted octanol–water partition coefficient (Wildman–Crippen LogP) is 3.22. The van der Waals surface area contributed by atoms with Crippen molar-refractivity contribution in [2.75, 3.05) is 11.9 Å². The van der Waals surface area contributed by atoms with Crippen LogP contribution in [0.2, 0.25) is 0 Å². The van der Waals surface area contributed by atoms with Gasteiger partial charge in [-0.3, -0.25) is 4.79 Å². The Morgan fingerprint density at radius 3 is 2.76 bits per heavy atom. The molecule has 1 N–H and O–H groups in total. The average molecular weight is 394 g/mol. The van der Waals surface area contributed by atoms with Crippen LogP contribution in [0.1, 0.15) is 31.9 Å². The van der Waals surface area contributed by atoms with E-state index < -0.39 is 18.0 Å². The number of anilines is 1. The normalized spacial score (nSPS) is 14.7. The van der Waals surface area contributed by atoms with Crippen molar-refractivity contribution in [3.8, 4) is 17.6 Å². The molecule has 150 valence electrons. The molecule has 7 nitrogen and oxygen atoms in total. The molecule has 1 atom stereocenters. The molecule has 0 aliphatic carbocycles. The molecule has 0 saturated carbocycles. The highest BCUT2D eigenvalue weighted by atomic mass is 16.6. The fourth-order valence-corrected chi connectivity index (χ4v) is 3.05. The van der Waals surface area contributed by atoms with Gasteiger partial charge < -0.3 is 19.5 Å². The van der Waals surface area contributed by atoms with Crippen LogP contribution in [0.4, 0.5) is 5.69 Å². The van der Waals surface area contributed by atoms with E-state index in [4.69, 9.17) is 19.5 Å². The van der Waals surface area contributed by atoms with Crippen molar-refractivity contribution in [2.45, 2.75) is 38.9 Å². The average Bonchev–Trinajstić information content (AvgIpc) is 3.01. The molecule has 0 fully saturated rings. The summed E-state index contributed by atoms with van der Waals surface area (Å²) in [6.45, 7) is 5.06. The number of esters is 1. The lowest BCUT2D eigenvalue weighted by molar-refractivity contribution is -0.155. The van der Waals surface area contributed by atoms with E-state index in [0.717, 1.165) is 12.0 Å². The summed E-state index contributed by atoms with van der Waals surface area (Å²) in [5.74, 6) is -0.128. The standard InChI is InChI=1S/C22H22N2O5/c1-14(21(26)24-17-9-5-4-7-16(17)12-23)28-19(25)13-27-18-10-6-8-15-11-22(2,3)29-20(15)18/h4-10,14H,11,13H2,1-3H3,(H,24,26)/t14-/m0/s1. The van der Waals surface area contributed by atoms with Crippen LogP contribution in [0.5, 0.6) is 11.5 Å². The number of nitriles is 1. The van der Waals surface area contributed by atoms with Crippen LogP contribution in [0.25, 0.3) is 0 Å². The van der Waals surface area contributed by atoms with Crippen molar-refractivity contribution in [1.29, 1.82) is 5.26 Å². The zero-order chi connectivity index (χ0) is 21.0. The van der Waals surface area contributed by atoms with Crippen LogP contribution in [0.3, 0.4) is 0 Å². The number of nitrogens with zero attached hydrogens (tertiary/aromatic N) is 1. The number of benzene rings is 2. The summed E-state index contributed by atoms with van der Waals surface area (Å²) in [4.78, 5) is 24.4. The van der Waals surface area contributed by atoms with Gasteiger partial charge in [0.1, 0.15) is 11.7 Å². The summed E-state index contributed by atoms with van der Waals surface area (Å²) in [5, 5.41) is 11.7. The van der Waals surface area contributed by atoms with E-state index in [0.29, 0.717) is 22.7 Å². The molecule has 7 heteroatoms. The van der Waals surface area contributed by atoms with Gasteiger partial charge in [0.2, 0.25) is 0 Å². The van der Waals surface area contributed by atoms with Gasteiger partial charge in [0.15, 0.2) is 24.2 Å². The first kappa shape index (κ1) is 20.2. The maximum Gasteiger partial charge on any atom is 0.344 e. The smallest absolute Gasteiger partial charge is 0.344 e. The maximum absolute atomic E-state index is 12.3. The van der Waals surface area contributed by atoms with E-state index in [1.807, 2.05) is 32.0 Å². The maximum atomic E-state index is 12.3. The Bertz CT molecular complexity index is 977. The highest BCUT2D eigenvalue weighted by molar-refractivity contribution is 5.96. The lowest BCUT2D eigenvalue weighted by Crippen LogP contribution is -2.32. The topological polar surface area (TPSA) is 97.7 Å². The Labute approximate surface area is 169 Å². The van der Waals surface area contributed by atoms with Gasteiger partial charge in [-0.2, -0.15) is 5.26 Å². The minimum Gasteiger partial charge on any atom is -0.483 e. The Morgan fingerprint density at radius 2 is 2.00 bits per heavy atom. The summed E-state index contributed by atoms with van der Waals surface area (Å²) < 4.78 is 16.6. The molecule has 0 unspecified atom stereocenters. The van der Waals surface area contributed by atoms with Gasteiger partial charge in [-0.1, -0.05) is 24.3 Å². The fraction of sp³-hybridized carbons (Fsp3) is 0.318. The second kappa shape index (κ2) is 8.23. The van der Waals surface area contributed by atoms with Gasteiger partial charge >= 0.3 is 5.97 Å². The van der Waals surface area contributed by atoms with E-state index in [1.54, 1.807) is 30.3 Å². The summed E-state index contributed by atoms with van der Waals surface area (Å²) >= 11 is 0. The molecule has 2 aromatic rings. The van der Waals surface area contributed by atoms with Crippen LogP contribution in [-0.2, 0) is 20.7 Å². The first-order valence-corrected chi connectivity index (χ1v) is 9.22. The Hall–Kier alpha value is -3.53. The minimum absolute atomic E-state index is 0.323. The molecule has 1 aliphatic rings. The molecule has 1 amide bonds. The third kappa shape index (κ3) is 4.85. The second-order valence-corrected chi connectivity index (χ2v) is 7.35. The van der Waals surface area contributed by atoms with Crippen molar-refractivity contribution in [3.05, 3.63) is 53.6 Å². The molecule has 0 spiro atoms. The SMILES string of the molecule is C[C@H](OC(=O)COc1cccc2c1OC(C)(C)C2)C(=O)Nc1ccccc1C#N. The van der Waals surface area contributed by atoms with Crippen LogP contribution < -0.4 is 14.8 Å². The molecule has 29 heavy (non-hydrogen) atoms. The van der Waals surface area contributed by atoms with E-state index in [1.165, 1.54) is 6.92 Å². The van der Waals surface area contributed by atoms with Gasteiger partial charge in [-0.25, -0.2) is 4.79 Å². The molecule has 1 heterocycles. The van der Waals surface area contributed by atoms with Crippen LogP contribution in [-0.4, -0.2) is 30.2 Å². The lowest BCUT2D eigenvalue weighted by atomic mass is 10.0. The molecule has 0 radical (unpaired) electrons. The number of fused-ring (bicyclic) bond motifs is 1. The van der Waals surface area contributed by atoms with Gasteiger partial charge in [0.25, 0.3) is 5.91 Å². The zero-order valence-electron chi connectivity index (χ0n) is 16.5. The fourth-order valence-electron chi connectivity index (χ4n) is 3.05. The predicted molar refractivity (Wildman–Crippen MR) is 106 cm³/mol. The highest BCUT2D eigenvalue weighted by Crippen LogP contribution is 2.41. The third-order valence-corrected chi connectivity index (χ3v) is 4.38. The number of hydrogen-bond acceptors (Lipinski definition) is 6. The van der Waals surface area contributed by atoms with Crippen LogP contribution in [0.15, 0.2) is 42.5 Å². The summed E-state index contributed by atoms with van der Waals surface area (Å²) in [6.07, 6.45) is -0.291. The summed E-state index contributed by atoms with van der Waals surface area (Å²) in [6, 6.07) is 14.1. The quantitative estimate of drug-likeness (QED) is 0.756. The number of carbonyl (C=O) groups excluding carboxylic acids is 2. The highest BCUT2D eigenvalue weighted by Gasteiger charge is 2.32. The molecule has 2 aromatic carbocycles. The van der Waals surface area contributed by atoms with Gasteiger partial charge in [0.05, 0.1) is 11.3 Å². The number of rotatable bonds is 6. The number of amides is 1. The Morgan fingerprint density at radius 1 is 1.24 bits per heavy atom. The number of carbonyl (C=O) groups is 2. The monoisotopic (exact) mass is 394 g/mol. The molecule has 3 rings (SSSR count). The molecular formula is C22H22N2O5. The van der Waals surface area contributed by atoms with Crippen LogP contribution >= 0.6 is 0 Å². The van der Waals surface area contributed by atoms with Gasteiger partial charge in [-0.05, 0) is 39.0 Å². The first-order valence-electron chi connectivity index (χ1n) is 9.22. The van der Waals surface area contributed by atoms with Crippen molar-refractivity contribution in [3.63, 3.8) is 0 Å². The van der Waals surface area contributed by atoms with E-state index in [9.17, 15) is 9.59 Å². The Balaban J connectivity index is 1.55. The van der Waals surface area contributed by atoms with E-state index >= 15 is 0 Å². The largest absolute Gasteiger partial charge is 0.483 e. The third-order valence-electron chi connectivity index (χ3n) is 4.38. The number of nitrogens with one attached hydrogen (secondary N) is 1. The van der Waals surface area contributed by atoms with Crippen molar-refractivity contribution in [2.24, 2.45) is 0 Å². The summed E-state index contributed by atoms with van der Waals surface area (Å²) in [7, 11) is 0. The second-order valence-electron chi connectivity index (χ2n) is 7.35. The first-order chi connectivity index (χ1) is 13.8. The van der Waals surface area contributed by atoms with Crippen LogP contribution in [0, 0.1) is 11.3 Å². The molecular weight excluding hydrogens is 372 g/mol. The van der Waals surface area contributed by atoms with E-state index in [-0.39, 0.29) is 12.2 Å². The van der Waals surface area contributed by atoms with E-state index in [2.05, 4.69) is 5.32 Å².